The summed E-state index contributed by atoms with van der Waals surface area (Å²) < 4.78 is 1.39. The predicted molar refractivity (Wildman–Crippen MR) is 74.4 cm³/mol. The Labute approximate surface area is 106 Å². The Kier molecular flexibility index (Phi) is 2.90. The highest BCUT2D eigenvalue weighted by molar-refractivity contribution is 7.19. The molecule has 17 heavy (non-hydrogen) atoms. The van der Waals surface area contributed by atoms with Crippen LogP contribution in [0.4, 0.5) is 0 Å². The van der Waals surface area contributed by atoms with Crippen molar-refractivity contribution in [3.05, 3.63) is 35.2 Å². The summed E-state index contributed by atoms with van der Waals surface area (Å²) in [6.07, 6.45) is 1.13. The zero-order valence-electron chi connectivity index (χ0n) is 10.1. The van der Waals surface area contributed by atoms with Gasteiger partial charge in [-0.25, -0.2) is 0 Å². The number of hydrogen-bond donors (Lipinski definition) is 1. The number of thiophene rings is 1. The molecule has 0 spiro atoms. The van der Waals surface area contributed by atoms with Gasteiger partial charge in [-0.05, 0) is 30.9 Å². The van der Waals surface area contributed by atoms with Crippen molar-refractivity contribution in [3.8, 4) is 0 Å². The molecule has 1 saturated heterocycles. The zero-order valence-corrected chi connectivity index (χ0v) is 10.9. The average molecular weight is 246 g/mol. The van der Waals surface area contributed by atoms with Crippen LogP contribution in [0.15, 0.2) is 30.3 Å². The number of fused-ring (bicyclic) bond motifs is 1. The van der Waals surface area contributed by atoms with E-state index >= 15 is 0 Å². The van der Waals surface area contributed by atoms with Crippen LogP contribution in [0.3, 0.4) is 0 Å². The molecule has 2 nitrogen and oxygen atoms in total. The standard InChI is InChI=1S/C14H18N2S/c1-10(16-7-6-12(15)9-16)14-8-11-4-2-3-5-13(11)17-14/h2-5,8,10,12H,6-7,9,15H2,1H3. The molecule has 0 amide bonds. The van der Waals surface area contributed by atoms with Gasteiger partial charge in [0.25, 0.3) is 0 Å². The van der Waals surface area contributed by atoms with Crippen LogP contribution >= 0.6 is 11.3 Å². The van der Waals surface area contributed by atoms with Crippen molar-refractivity contribution >= 4 is 21.4 Å². The first-order valence-corrected chi connectivity index (χ1v) is 7.04. The minimum atomic E-state index is 0.367. The first kappa shape index (κ1) is 11.2. The van der Waals surface area contributed by atoms with E-state index in [-0.39, 0.29) is 0 Å². The fourth-order valence-corrected chi connectivity index (χ4v) is 3.71. The van der Waals surface area contributed by atoms with Gasteiger partial charge >= 0.3 is 0 Å². The van der Waals surface area contributed by atoms with E-state index < -0.39 is 0 Å². The van der Waals surface area contributed by atoms with Crippen LogP contribution in [0, 0.1) is 0 Å². The van der Waals surface area contributed by atoms with E-state index in [1.54, 1.807) is 0 Å². The maximum atomic E-state index is 5.98. The van der Waals surface area contributed by atoms with E-state index in [0.717, 1.165) is 19.5 Å². The lowest BCUT2D eigenvalue weighted by Gasteiger charge is -2.22. The van der Waals surface area contributed by atoms with Gasteiger partial charge in [0.2, 0.25) is 0 Å². The normalized spacial score (nSPS) is 23.3. The van der Waals surface area contributed by atoms with E-state index in [2.05, 4.69) is 42.2 Å². The minimum Gasteiger partial charge on any atom is -0.326 e. The maximum absolute atomic E-state index is 5.98. The van der Waals surface area contributed by atoms with Crippen molar-refractivity contribution < 1.29 is 0 Å². The lowest BCUT2D eigenvalue weighted by atomic mass is 10.2. The summed E-state index contributed by atoms with van der Waals surface area (Å²) >= 11 is 1.91. The monoisotopic (exact) mass is 246 g/mol. The molecular weight excluding hydrogens is 228 g/mol. The van der Waals surface area contributed by atoms with Crippen molar-refractivity contribution in [1.82, 2.24) is 4.90 Å². The van der Waals surface area contributed by atoms with Gasteiger partial charge in [0.05, 0.1) is 0 Å². The number of rotatable bonds is 2. The van der Waals surface area contributed by atoms with E-state index in [1.165, 1.54) is 15.0 Å². The number of nitrogens with two attached hydrogens (primary N) is 1. The summed E-state index contributed by atoms with van der Waals surface area (Å²) in [5, 5.41) is 1.36. The quantitative estimate of drug-likeness (QED) is 0.882. The summed E-state index contributed by atoms with van der Waals surface area (Å²) in [5.74, 6) is 0. The molecule has 3 rings (SSSR count). The fraction of sp³-hybridized carbons (Fsp3) is 0.429. The highest BCUT2D eigenvalue weighted by Gasteiger charge is 2.25. The first-order chi connectivity index (χ1) is 8.24. The second kappa shape index (κ2) is 4.41. The summed E-state index contributed by atoms with van der Waals surface area (Å²) in [5.41, 5.74) is 5.98. The molecule has 1 aromatic heterocycles. The Morgan fingerprint density at radius 2 is 2.24 bits per heavy atom. The molecule has 2 aromatic rings. The molecule has 2 atom stereocenters. The lowest BCUT2D eigenvalue weighted by molar-refractivity contribution is 0.263. The van der Waals surface area contributed by atoms with Crippen LogP contribution in [-0.4, -0.2) is 24.0 Å². The van der Waals surface area contributed by atoms with Crippen molar-refractivity contribution in [1.29, 1.82) is 0 Å². The lowest BCUT2D eigenvalue weighted by Crippen LogP contribution is -2.28. The summed E-state index contributed by atoms with van der Waals surface area (Å²) in [7, 11) is 0. The molecule has 1 aliphatic rings. The average Bonchev–Trinajstić information content (AvgIpc) is 2.93. The zero-order chi connectivity index (χ0) is 11.8. The van der Waals surface area contributed by atoms with E-state index in [9.17, 15) is 0 Å². The van der Waals surface area contributed by atoms with Gasteiger partial charge in [-0.3, -0.25) is 4.90 Å². The second-order valence-electron chi connectivity index (χ2n) is 4.91. The smallest absolute Gasteiger partial charge is 0.0414 e. The largest absolute Gasteiger partial charge is 0.326 e. The highest BCUT2D eigenvalue weighted by Crippen LogP contribution is 2.33. The Morgan fingerprint density at radius 3 is 2.94 bits per heavy atom. The Morgan fingerprint density at radius 1 is 1.41 bits per heavy atom. The molecule has 90 valence electrons. The molecule has 2 heterocycles. The van der Waals surface area contributed by atoms with Gasteiger partial charge in [0.1, 0.15) is 0 Å². The van der Waals surface area contributed by atoms with E-state index in [0.29, 0.717) is 12.1 Å². The Bertz CT molecular complexity index is 487. The molecule has 0 bridgehead atoms. The molecule has 1 aromatic carbocycles. The van der Waals surface area contributed by atoms with Crippen molar-refractivity contribution in [2.45, 2.75) is 25.4 Å². The van der Waals surface area contributed by atoms with E-state index in [1.807, 2.05) is 11.3 Å². The van der Waals surface area contributed by atoms with Crippen molar-refractivity contribution in [2.24, 2.45) is 5.73 Å². The number of nitrogens with zero attached hydrogens (tertiary/aromatic N) is 1. The molecule has 0 saturated carbocycles. The number of benzene rings is 1. The van der Waals surface area contributed by atoms with Gasteiger partial charge in [-0.1, -0.05) is 18.2 Å². The third-order valence-corrected chi connectivity index (χ3v) is 4.95. The topological polar surface area (TPSA) is 29.3 Å². The maximum Gasteiger partial charge on any atom is 0.0414 e. The van der Waals surface area contributed by atoms with Gasteiger partial charge in [0, 0.05) is 34.8 Å². The van der Waals surface area contributed by atoms with Gasteiger partial charge in [0.15, 0.2) is 0 Å². The summed E-state index contributed by atoms with van der Waals surface area (Å²) in [6.45, 7) is 4.47. The van der Waals surface area contributed by atoms with Crippen molar-refractivity contribution in [3.63, 3.8) is 0 Å². The molecular formula is C14H18N2S. The molecule has 0 radical (unpaired) electrons. The fourth-order valence-electron chi connectivity index (χ4n) is 2.56. The third kappa shape index (κ3) is 2.10. The molecule has 2 unspecified atom stereocenters. The highest BCUT2D eigenvalue weighted by atomic mass is 32.1. The van der Waals surface area contributed by atoms with E-state index in [4.69, 9.17) is 5.73 Å². The van der Waals surface area contributed by atoms with Crippen LogP contribution < -0.4 is 5.73 Å². The van der Waals surface area contributed by atoms with Gasteiger partial charge in [-0.15, -0.1) is 11.3 Å². The third-order valence-electron chi connectivity index (χ3n) is 3.66. The second-order valence-corrected chi connectivity index (χ2v) is 6.02. The van der Waals surface area contributed by atoms with Gasteiger partial charge < -0.3 is 5.73 Å². The SMILES string of the molecule is CC(c1cc2ccccc2s1)N1CCC(N)C1. The number of hydrogen-bond acceptors (Lipinski definition) is 3. The van der Waals surface area contributed by atoms with Crippen LogP contribution in [0.1, 0.15) is 24.3 Å². The van der Waals surface area contributed by atoms with Crippen molar-refractivity contribution in [2.75, 3.05) is 13.1 Å². The van der Waals surface area contributed by atoms with Crippen LogP contribution in [0.25, 0.3) is 10.1 Å². The predicted octanol–water partition coefficient (Wildman–Crippen LogP) is 3.00. The summed E-state index contributed by atoms with van der Waals surface area (Å²) in [6, 6.07) is 11.8. The molecule has 2 N–H and O–H groups in total. The van der Waals surface area contributed by atoms with Gasteiger partial charge in [-0.2, -0.15) is 0 Å². The molecule has 1 fully saturated rings. The number of likely N-dealkylation sites (tertiary alicyclic amines) is 1. The summed E-state index contributed by atoms with van der Waals surface area (Å²) in [4.78, 5) is 3.95. The van der Waals surface area contributed by atoms with Crippen LogP contribution in [-0.2, 0) is 0 Å². The minimum absolute atomic E-state index is 0.367. The van der Waals surface area contributed by atoms with Crippen LogP contribution in [0.2, 0.25) is 0 Å². The molecule has 0 aliphatic carbocycles. The Balaban J connectivity index is 1.87. The molecule has 1 aliphatic heterocycles. The Hall–Kier alpha value is -0.900. The first-order valence-electron chi connectivity index (χ1n) is 6.22. The molecule has 3 heteroatoms. The van der Waals surface area contributed by atoms with Crippen LogP contribution in [0.5, 0.6) is 0 Å².